The molecule has 0 bridgehead atoms. The molecule has 0 saturated carbocycles. The first kappa shape index (κ1) is 21.0. The van der Waals surface area contributed by atoms with E-state index >= 15 is 0 Å². The van der Waals surface area contributed by atoms with Gasteiger partial charge in [0.05, 0.1) is 30.1 Å². The summed E-state index contributed by atoms with van der Waals surface area (Å²) in [7, 11) is 1.03. The van der Waals surface area contributed by atoms with E-state index in [0.717, 1.165) is 31.5 Å². The van der Waals surface area contributed by atoms with Crippen LogP contribution in [0, 0.1) is 23.3 Å². The Kier molecular flexibility index (Phi) is 6.14. The number of benzene rings is 2. The van der Waals surface area contributed by atoms with Crippen LogP contribution in [0.25, 0.3) is 11.3 Å². The number of hydrogen-bond donors (Lipinski definition) is 1. The van der Waals surface area contributed by atoms with E-state index in [2.05, 4.69) is 15.0 Å². The first-order valence-corrected chi connectivity index (χ1v) is 8.56. The highest BCUT2D eigenvalue weighted by Crippen LogP contribution is 2.27. The lowest BCUT2D eigenvalue weighted by Crippen LogP contribution is -2.15. The summed E-state index contributed by atoms with van der Waals surface area (Å²) in [5.41, 5.74) is -1.34. The van der Waals surface area contributed by atoms with E-state index in [4.69, 9.17) is 4.42 Å². The number of carbonyl (C=O) groups is 2. The molecule has 1 N–H and O–H groups in total. The number of hydrogen-bond acceptors (Lipinski definition) is 5. The predicted molar refractivity (Wildman–Crippen MR) is 96.5 cm³/mol. The molecular weight excluding hydrogens is 408 g/mol. The molecule has 0 atom stereocenters. The minimum absolute atomic E-state index is 0.0256. The van der Waals surface area contributed by atoms with Gasteiger partial charge in [-0.05, 0) is 18.2 Å². The summed E-state index contributed by atoms with van der Waals surface area (Å²) in [5, 5.41) is 2.21. The quantitative estimate of drug-likeness (QED) is 0.474. The molecule has 3 rings (SSSR count). The summed E-state index contributed by atoms with van der Waals surface area (Å²) in [4.78, 5) is 27.4. The fourth-order valence-corrected chi connectivity index (χ4v) is 2.62. The first-order chi connectivity index (χ1) is 14.3. The lowest BCUT2D eigenvalue weighted by molar-refractivity contribution is -0.116. The molecule has 2 aromatic carbocycles. The van der Waals surface area contributed by atoms with Crippen molar-refractivity contribution < 1.29 is 36.3 Å². The van der Waals surface area contributed by atoms with Crippen molar-refractivity contribution in [3.8, 4) is 11.3 Å². The molecule has 0 radical (unpaired) electrons. The van der Waals surface area contributed by atoms with Crippen molar-refractivity contribution in [3.05, 3.63) is 71.3 Å². The van der Waals surface area contributed by atoms with Gasteiger partial charge < -0.3 is 14.5 Å². The number of methoxy groups -OCH3 is 1. The summed E-state index contributed by atoms with van der Waals surface area (Å²) in [6.45, 7) is 0. The predicted octanol–water partition coefficient (Wildman–Crippen LogP) is 4.26. The molecule has 6 nitrogen and oxygen atoms in total. The standard InChI is InChI=1S/C20H14F4N2O4/c1-29-20(28)10-7-15(14(24)8-13(10)23)26-17(27)5-6-18-25-9-16(30-18)19-11(21)3-2-4-12(19)22/h2-4,7-9H,5-6H2,1H3,(H,26,27). The van der Waals surface area contributed by atoms with Crippen LogP contribution in [-0.4, -0.2) is 24.0 Å². The summed E-state index contributed by atoms with van der Waals surface area (Å²) < 4.78 is 64.8. The number of nitrogens with one attached hydrogen (secondary N) is 1. The second-order valence-corrected chi connectivity index (χ2v) is 6.07. The van der Waals surface area contributed by atoms with Gasteiger partial charge in [-0.15, -0.1) is 0 Å². The van der Waals surface area contributed by atoms with Crippen molar-refractivity contribution in [2.75, 3.05) is 12.4 Å². The third-order valence-electron chi connectivity index (χ3n) is 4.06. The summed E-state index contributed by atoms with van der Waals surface area (Å²) in [5.74, 6) is -5.71. The van der Waals surface area contributed by atoms with Crippen molar-refractivity contribution in [1.82, 2.24) is 4.98 Å². The molecule has 0 aliphatic carbocycles. The highest BCUT2D eigenvalue weighted by molar-refractivity contribution is 5.94. The van der Waals surface area contributed by atoms with Crippen LogP contribution in [-0.2, 0) is 16.0 Å². The van der Waals surface area contributed by atoms with Gasteiger partial charge in [0, 0.05) is 18.9 Å². The summed E-state index contributed by atoms with van der Waals surface area (Å²) in [6.07, 6.45) is 0.829. The number of ether oxygens (including phenoxy) is 1. The van der Waals surface area contributed by atoms with Crippen molar-refractivity contribution in [1.29, 1.82) is 0 Å². The normalized spacial score (nSPS) is 10.7. The fourth-order valence-electron chi connectivity index (χ4n) is 2.62. The van der Waals surface area contributed by atoms with Gasteiger partial charge in [-0.3, -0.25) is 4.79 Å². The molecule has 0 saturated heterocycles. The van der Waals surface area contributed by atoms with Crippen LogP contribution in [0.2, 0.25) is 0 Å². The first-order valence-electron chi connectivity index (χ1n) is 8.56. The minimum atomic E-state index is -1.13. The van der Waals surface area contributed by atoms with E-state index in [1.807, 2.05) is 0 Å². The van der Waals surface area contributed by atoms with Gasteiger partial charge in [-0.25, -0.2) is 27.3 Å². The van der Waals surface area contributed by atoms with Gasteiger partial charge in [0.2, 0.25) is 5.91 Å². The Bertz CT molecular complexity index is 1090. The molecule has 156 valence electrons. The van der Waals surface area contributed by atoms with E-state index in [1.54, 1.807) is 0 Å². The Hall–Kier alpha value is -3.69. The van der Waals surface area contributed by atoms with Gasteiger partial charge in [-0.2, -0.15) is 0 Å². The van der Waals surface area contributed by atoms with E-state index in [1.165, 1.54) is 6.07 Å². The zero-order valence-corrected chi connectivity index (χ0v) is 15.5. The number of anilines is 1. The molecule has 1 amide bonds. The van der Waals surface area contributed by atoms with E-state index < -0.39 is 46.4 Å². The Labute approximate surface area is 167 Å². The Morgan fingerprint density at radius 3 is 2.43 bits per heavy atom. The SMILES string of the molecule is COC(=O)c1cc(NC(=O)CCc2ncc(-c3c(F)cccc3F)o2)c(F)cc1F. The van der Waals surface area contributed by atoms with Crippen molar-refractivity contribution >= 4 is 17.6 Å². The largest absolute Gasteiger partial charge is 0.465 e. The van der Waals surface area contributed by atoms with Crippen LogP contribution in [0.5, 0.6) is 0 Å². The number of nitrogens with zero attached hydrogens (tertiary/aromatic N) is 1. The smallest absolute Gasteiger partial charge is 0.340 e. The van der Waals surface area contributed by atoms with Crippen LogP contribution in [0.15, 0.2) is 40.9 Å². The summed E-state index contributed by atoms with van der Waals surface area (Å²) in [6, 6.07) is 4.60. The zero-order valence-electron chi connectivity index (χ0n) is 15.5. The Balaban J connectivity index is 1.68. The number of carbonyl (C=O) groups excluding carboxylic acids is 2. The second-order valence-electron chi connectivity index (χ2n) is 6.07. The highest BCUT2D eigenvalue weighted by atomic mass is 19.1. The maximum atomic E-state index is 13.9. The summed E-state index contributed by atoms with van der Waals surface area (Å²) >= 11 is 0. The number of esters is 1. The molecule has 3 aromatic rings. The van der Waals surface area contributed by atoms with Crippen molar-refractivity contribution in [2.24, 2.45) is 0 Å². The molecular formula is C20H14F4N2O4. The molecule has 0 fully saturated rings. The minimum Gasteiger partial charge on any atom is -0.465 e. The number of oxazole rings is 1. The maximum absolute atomic E-state index is 13.9. The number of aryl methyl sites for hydroxylation is 1. The monoisotopic (exact) mass is 422 g/mol. The molecule has 0 aliphatic rings. The number of amides is 1. The molecule has 10 heteroatoms. The number of halogens is 4. The van der Waals surface area contributed by atoms with Gasteiger partial charge in [-0.1, -0.05) is 6.07 Å². The van der Waals surface area contributed by atoms with Crippen LogP contribution < -0.4 is 5.32 Å². The molecule has 0 unspecified atom stereocenters. The van der Waals surface area contributed by atoms with Crippen LogP contribution in [0.1, 0.15) is 22.7 Å². The van der Waals surface area contributed by atoms with Crippen molar-refractivity contribution in [3.63, 3.8) is 0 Å². The third-order valence-corrected chi connectivity index (χ3v) is 4.06. The lowest BCUT2D eigenvalue weighted by atomic mass is 10.1. The van der Waals surface area contributed by atoms with Gasteiger partial charge in [0.15, 0.2) is 11.7 Å². The molecule has 1 heterocycles. The van der Waals surface area contributed by atoms with Crippen LogP contribution in [0.4, 0.5) is 23.2 Å². The van der Waals surface area contributed by atoms with Gasteiger partial charge >= 0.3 is 5.97 Å². The zero-order chi connectivity index (χ0) is 21.8. The molecule has 30 heavy (non-hydrogen) atoms. The molecule has 1 aromatic heterocycles. The van der Waals surface area contributed by atoms with E-state index in [9.17, 15) is 27.2 Å². The average Bonchev–Trinajstić information content (AvgIpc) is 3.16. The topological polar surface area (TPSA) is 81.4 Å². The second kappa shape index (κ2) is 8.76. The van der Waals surface area contributed by atoms with E-state index in [-0.39, 0.29) is 30.1 Å². The lowest BCUT2D eigenvalue weighted by Gasteiger charge is -2.08. The third kappa shape index (κ3) is 4.48. The highest BCUT2D eigenvalue weighted by Gasteiger charge is 2.19. The van der Waals surface area contributed by atoms with Crippen LogP contribution >= 0.6 is 0 Å². The molecule has 0 spiro atoms. The fraction of sp³-hybridized carbons (Fsp3) is 0.150. The van der Waals surface area contributed by atoms with E-state index in [0.29, 0.717) is 6.07 Å². The Morgan fingerprint density at radius 2 is 1.77 bits per heavy atom. The van der Waals surface area contributed by atoms with Crippen molar-refractivity contribution in [2.45, 2.75) is 12.8 Å². The molecule has 0 aliphatic heterocycles. The number of rotatable bonds is 6. The average molecular weight is 422 g/mol. The van der Waals surface area contributed by atoms with Gasteiger partial charge in [0.1, 0.15) is 23.3 Å². The van der Waals surface area contributed by atoms with Gasteiger partial charge in [0.25, 0.3) is 0 Å². The van der Waals surface area contributed by atoms with Crippen LogP contribution in [0.3, 0.4) is 0 Å². The Morgan fingerprint density at radius 1 is 1.07 bits per heavy atom. The number of aromatic nitrogens is 1. The maximum Gasteiger partial charge on any atom is 0.340 e.